The molecule has 0 unspecified atom stereocenters. The molecule has 0 aliphatic heterocycles. The maximum absolute atomic E-state index is 11.2. The fourth-order valence-corrected chi connectivity index (χ4v) is 1.43. The Morgan fingerprint density at radius 2 is 2.06 bits per heavy atom. The zero-order valence-electron chi connectivity index (χ0n) is 9.84. The number of hydrogen-bond acceptors (Lipinski definition) is 3. The van der Waals surface area contributed by atoms with Crippen molar-refractivity contribution in [3.05, 3.63) is 53.1 Å². The van der Waals surface area contributed by atoms with Crippen molar-refractivity contribution in [1.29, 1.82) is 0 Å². The molecule has 0 spiro atoms. The van der Waals surface area contributed by atoms with Gasteiger partial charge in [-0.1, -0.05) is 26.0 Å². The molecule has 3 nitrogen and oxygen atoms in total. The lowest BCUT2D eigenvalue weighted by atomic mass is 10.2. The first-order valence-corrected chi connectivity index (χ1v) is 5.53. The molecule has 0 saturated heterocycles. The zero-order chi connectivity index (χ0) is 12.3. The van der Waals surface area contributed by atoms with Crippen LogP contribution in [0.4, 0.5) is 0 Å². The summed E-state index contributed by atoms with van der Waals surface area (Å²) in [6.07, 6.45) is 3.55. The molecule has 0 fully saturated rings. The summed E-state index contributed by atoms with van der Waals surface area (Å²) >= 11 is 0. The van der Waals surface area contributed by atoms with Crippen molar-refractivity contribution in [2.24, 2.45) is 5.92 Å². The average Bonchev–Trinajstić information content (AvgIpc) is 2.29. The van der Waals surface area contributed by atoms with Gasteiger partial charge in [0.1, 0.15) is 0 Å². The van der Waals surface area contributed by atoms with Crippen molar-refractivity contribution in [1.82, 2.24) is 0 Å². The maximum atomic E-state index is 11.2. The lowest BCUT2D eigenvalue weighted by Crippen LogP contribution is -1.95. The Kier molecular flexibility index (Phi) is 3.28. The number of allylic oxidation sites excluding steroid dienone is 1. The van der Waals surface area contributed by atoms with Gasteiger partial charge in [0.2, 0.25) is 0 Å². The molecule has 1 aromatic carbocycles. The summed E-state index contributed by atoms with van der Waals surface area (Å²) in [4.78, 5) is 11.2. The van der Waals surface area contributed by atoms with Crippen molar-refractivity contribution in [3.63, 3.8) is 0 Å². The smallest absolute Gasteiger partial charge is 0.336 e. The predicted molar refractivity (Wildman–Crippen MR) is 67.1 cm³/mol. The zero-order valence-corrected chi connectivity index (χ0v) is 9.84. The molecule has 0 amide bonds. The van der Waals surface area contributed by atoms with Crippen LogP contribution < -0.4 is 10.4 Å². The van der Waals surface area contributed by atoms with Gasteiger partial charge in [-0.05, 0) is 24.1 Å². The Morgan fingerprint density at radius 1 is 1.24 bits per heavy atom. The van der Waals surface area contributed by atoms with E-state index in [1.807, 2.05) is 18.2 Å². The van der Waals surface area contributed by atoms with E-state index in [9.17, 15) is 4.79 Å². The Balaban J connectivity index is 2.40. The van der Waals surface area contributed by atoms with Crippen LogP contribution >= 0.6 is 0 Å². The molecular formula is C14H14O3. The van der Waals surface area contributed by atoms with Gasteiger partial charge in [0.05, 0.1) is 6.26 Å². The molecule has 88 valence electrons. The number of rotatable bonds is 3. The fourth-order valence-electron chi connectivity index (χ4n) is 1.43. The summed E-state index contributed by atoms with van der Waals surface area (Å²) < 4.78 is 10.6. The normalized spacial score (nSPS) is 11.5. The van der Waals surface area contributed by atoms with Crippen molar-refractivity contribution < 1.29 is 9.15 Å². The van der Waals surface area contributed by atoms with Crippen LogP contribution in [0.2, 0.25) is 0 Å². The monoisotopic (exact) mass is 230 g/mol. The Morgan fingerprint density at radius 3 is 2.82 bits per heavy atom. The minimum Gasteiger partial charge on any atom is -0.461 e. The largest absolute Gasteiger partial charge is 0.461 e. The van der Waals surface area contributed by atoms with Gasteiger partial charge in [-0.2, -0.15) is 0 Å². The first kappa shape index (κ1) is 11.5. The number of ether oxygens (including phenoxy) is 1. The van der Waals surface area contributed by atoms with Crippen LogP contribution in [0, 0.1) is 5.92 Å². The van der Waals surface area contributed by atoms with Gasteiger partial charge in [-0.25, -0.2) is 4.79 Å². The van der Waals surface area contributed by atoms with Crippen LogP contribution in [0.25, 0.3) is 11.0 Å². The summed E-state index contributed by atoms with van der Waals surface area (Å²) in [6, 6.07) is 8.63. The lowest BCUT2D eigenvalue weighted by Gasteiger charge is -2.03. The lowest BCUT2D eigenvalue weighted by molar-refractivity contribution is 0.459. The maximum Gasteiger partial charge on any atom is 0.336 e. The highest BCUT2D eigenvalue weighted by molar-refractivity contribution is 5.82. The van der Waals surface area contributed by atoms with Crippen molar-refractivity contribution in [3.8, 4) is 5.75 Å². The summed E-state index contributed by atoms with van der Waals surface area (Å²) in [6.45, 7) is 4.12. The second-order valence-corrected chi connectivity index (χ2v) is 4.12. The third kappa shape index (κ3) is 2.75. The summed E-state index contributed by atoms with van der Waals surface area (Å²) in [5, 5.41) is 0.847. The van der Waals surface area contributed by atoms with Crippen molar-refractivity contribution in [2.75, 3.05) is 0 Å². The molecule has 0 aliphatic carbocycles. The standard InChI is InChI=1S/C14H14O3/c1-10(2)8-9-16-12-5-3-4-11-6-7-13(15)17-14(11)12/h3-10H,1-2H3. The number of hydrogen-bond donors (Lipinski definition) is 0. The van der Waals surface area contributed by atoms with Crippen LogP contribution in [0.3, 0.4) is 0 Å². The number of fused-ring (bicyclic) bond motifs is 1. The SMILES string of the molecule is CC(C)C=COc1cccc2ccc(=O)oc12. The third-order valence-corrected chi connectivity index (χ3v) is 2.27. The molecule has 2 rings (SSSR count). The summed E-state index contributed by atoms with van der Waals surface area (Å²) in [5.41, 5.74) is 0.106. The van der Waals surface area contributed by atoms with Gasteiger partial charge in [-0.15, -0.1) is 0 Å². The van der Waals surface area contributed by atoms with E-state index >= 15 is 0 Å². The van der Waals surface area contributed by atoms with Crippen LogP contribution in [0.5, 0.6) is 5.75 Å². The predicted octanol–water partition coefficient (Wildman–Crippen LogP) is 3.34. The van der Waals surface area contributed by atoms with Crippen molar-refractivity contribution >= 4 is 11.0 Å². The van der Waals surface area contributed by atoms with Gasteiger partial charge >= 0.3 is 5.63 Å². The van der Waals surface area contributed by atoms with E-state index < -0.39 is 0 Å². The Bertz CT molecular complexity index is 594. The molecule has 17 heavy (non-hydrogen) atoms. The highest BCUT2D eigenvalue weighted by atomic mass is 16.5. The highest BCUT2D eigenvalue weighted by Crippen LogP contribution is 2.24. The third-order valence-electron chi connectivity index (χ3n) is 2.27. The summed E-state index contributed by atoms with van der Waals surface area (Å²) in [5.74, 6) is 0.967. The molecule has 1 aromatic heterocycles. The minimum absolute atomic E-state index is 0.374. The molecule has 0 bridgehead atoms. The van der Waals surface area contributed by atoms with E-state index in [1.54, 1.807) is 18.4 Å². The molecule has 0 N–H and O–H groups in total. The first-order chi connectivity index (χ1) is 8.16. The van der Waals surface area contributed by atoms with Crippen molar-refractivity contribution in [2.45, 2.75) is 13.8 Å². The van der Waals surface area contributed by atoms with Gasteiger partial charge in [0.25, 0.3) is 0 Å². The second kappa shape index (κ2) is 4.87. The van der Waals surface area contributed by atoms with Crippen LogP contribution in [0.15, 0.2) is 51.9 Å². The Labute approximate surface area is 99.3 Å². The molecule has 2 aromatic rings. The van der Waals surface area contributed by atoms with E-state index in [0.717, 1.165) is 5.39 Å². The fraction of sp³-hybridized carbons (Fsp3) is 0.214. The minimum atomic E-state index is -0.374. The topological polar surface area (TPSA) is 39.4 Å². The van der Waals surface area contributed by atoms with E-state index in [1.165, 1.54) is 6.07 Å². The molecule has 0 atom stereocenters. The molecule has 1 heterocycles. The average molecular weight is 230 g/mol. The quantitative estimate of drug-likeness (QED) is 0.599. The van der Waals surface area contributed by atoms with Crippen LogP contribution in [-0.2, 0) is 0 Å². The second-order valence-electron chi connectivity index (χ2n) is 4.12. The van der Waals surface area contributed by atoms with Gasteiger partial charge in [-0.3, -0.25) is 0 Å². The van der Waals surface area contributed by atoms with Crippen LogP contribution in [0.1, 0.15) is 13.8 Å². The first-order valence-electron chi connectivity index (χ1n) is 5.53. The number of para-hydroxylation sites is 1. The van der Waals surface area contributed by atoms with Gasteiger partial charge in [0.15, 0.2) is 11.3 Å². The van der Waals surface area contributed by atoms with Gasteiger partial charge in [0, 0.05) is 11.5 Å². The molecule has 0 saturated carbocycles. The van der Waals surface area contributed by atoms with E-state index in [-0.39, 0.29) is 5.63 Å². The number of benzene rings is 1. The summed E-state index contributed by atoms with van der Waals surface area (Å²) in [7, 11) is 0. The molecule has 0 radical (unpaired) electrons. The Hall–Kier alpha value is -2.03. The van der Waals surface area contributed by atoms with E-state index in [4.69, 9.17) is 9.15 Å². The van der Waals surface area contributed by atoms with Gasteiger partial charge < -0.3 is 9.15 Å². The van der Waals surface area contributed by atoms with E-state index in [0.29, 0.717) is 17.3 Å². The molecule has 0 aliphatic rings. The molecular weight excluding hydrogens is 216 g/mol. The van der Waals surface area contributed by atoms with E-state index in [2.05, 4.69) is 13.8 Å². The molecule has 3 heteroatoms. The van der Waals surface area contributed by atoms with Crippen LogP contribution in [-0.4, -0.2) is 0 Å². The highest BCUT2D eigenvalue weighted by Gasteiger charge is 2.03.